The maximum Gasteiger partial charge on any atom is 0.278 e. The normalized spacial score (nSPS) is 11.6. The molecular formula is C22H31N5O2S. The molecule has 3 aromatic rings. The van der Waals surface area contributed by atoms with E-state index in [0.29, 0.717) is 24.0 Å². The number of ether oxygens (including phenoxy) is 1. The van der Waals surface area contributed by atoms with Crippen LogP contribution in [0.4, 0.5) is 5.13 Å². The molecule has 2 heterocycles. The lowest BCUT2D eigenvalue weighted by Crippen LogP contribution is -2.39. The van der Waals surface area contributed by atoms with Gasteiger partial charge in [0, 0.05) is 25.3 Å². The molecule has 0 aliphatic rings. The lowest BCUT2D eigenvalue weighted by Gasteiger charge is -2.25. The molecule has 0 saturated heterocycles. The number of nitrogens with zero attached hydrogens (tertiary/aromatic N) is 5. The molecule has 0 atom stereocenters. The molecule has 1 amide bonds. The van der Waals surface area contributed by atoms with Gasteiger partial charge in [-0.2, -0.15) is 5.10 Å². The van der Waals surface area contributed by atoms with Gasteiger partial charge in [0.25, 0.3) is 5.91 Å². The fraction of sp³-hybridized carbons (Fsp3) is 0.500. The average molecular weight is 430 g/mol. The van der Waals surface area contributed by atoms with E-state index in [9.17, 15) is 4.79 Å². The predicted molar refractivity (Wildman–Crippen MR) is 123 cm³/mol. The van der Waals surface area contributed by atoms with Crippen LogP contribution in [0.2, 0.25) is 0 Å². The summed E-state index contributed by atoms with van der Waals surface area (Å²) in [7, 11) is 0. The molecule has 0 unspecified atom stereocenters. The molecule has 2 aromatic heterocycles. The Morgan fingerprint density at radius 1 is 1.17 bits per heavy atom. The number of likely N-dealkylation sites (N-methyl/N-ethyl adjacent to an activating group) is 1. The van der Waals surface area contributed by atoms with Crippen LogP contribution >= 0.6 is 11.3 Å². The maximum atomic E-state index is 13.6. The van der Waals surface area contributed by atoms with Gasteiger partial charge in [0.1, 0.15) is 17.0 Å². The first-order valence-electron chi connectivity index (χ1n) is 10.6. The minimum atomic E-state index is -0.0784. The van der Waals surface area contributed by atoms with Crippen molar-refractivity contribution in [3.8, 4) is 5.75 Å². The number of hydrogen-bond acceptors (Lipinski definition) is 6. The SMILES string of the molecule is CCOc1cccc2sc(N(CCN(CC)CC)C(=O)c3ccnn3C(C)C)nc12. The van der Waals surface area contributed by atoms with Crippen molar-refractivity contribution in [1.29, 1.82) is 0 Å². The van der Waals surface area contributed by atoms with Crippen LogP contribution < -0.4 is 9.64 Å². The number of carbonyl (C=O) groups excluding carboxylic acids is 1. The second kappa shape index (κ2) is 10.0. The van der Waals surface area contributed by atoms with E-state index in [0.717, 1.165) is 35.6 Å². The molecule has 0 fully saturated rings. The molecule has 0 aliphatic carbocycles. The zero-order valence-electron chi connectivity index (χ0n) is 18.5. The standard InChI is InChI=1S/C22H31N5O2S/c1-6-25(7-2)14-15-26(21(28)17-12-13-23-27(17)16(4)5)22-24-20-18(29-8-3)10-9-11-19(20)30-22/h9-13,16H,6-8,14-15H2,1-5H3. The Kier molecular flexibility index (Phi) is 7.44. The largest absolute Gasteiger partial charge is 0.492 e. The number of amides is 1. The number of aromatic nitrogens is 3. The van der Waals surface area contributed by atoms with Crippen molar-refractivity contribution in [3.63, 3.8) is 0 Å². The maximum absolute atomic E-state index is 13.6. The minimum Gasteiger partial charge on any atom is -0.492 e. The number of anilines is 1. The van der Waals surface area contributed by atoms with Crippen molar-refractivity contribution in [3.05, 3.63) is 36.2 Å². The van der Waals surface area contributed by atoms with Crippen molar-refractivity contribution in [2.75, 3.05) is 37.7 Å². The second-order valence-corrected chi connectivity index (χ2v) is 8.28. The molecule has 0 spiro atoms. The van der Waals surface area contributed by atoms with Gasteiger partial charge in [-0.3, -0.25) is 14.4 Å². The highest BCUT2D eigenvalue weighted by atomic mass is 32.1. The van der Waals surface area contributed by atoms with Gasteiger partial charge in [0.05, 0.1) is 11.3 Å². The molecule has 0 radical (unpaired) electrons. The average Bonchev–Trinajstić information content (AvgIpc) is 3.39. The Bertz CT molecular complexity index is 977. The number of hydrogen-bond donors (Lipinski definition) is 0. The van der Waals surface area contributed by atoms with Gasteiger partial charge in [-0.05, 0) is 52.1 Å². The smallest absolute Gasteiger partial charge is 0.278 e. The predicted octanol–water partition coefficient (Wildman–Crippen LogP) is 4.46. The fourth-order valence-corrected chi connectivity index (χ4v) is 4.41. The van der Waals surface area contributed by atoms with E-state index < -0.39 is 0 Å². The Balaban J connectivity index is 2.01. The molecule has 8 heteroatoms. The fourth-order valence-electron chi connectivity index (χ4n) is 3.40. The summed E-state index contributed by atoms with van der Waals surface area (Å²) < 4.78 is 8.52. The first-order chi connectivity index (χ1) is 14.5. The molecule has 0 bridgehead atoms. The topological polar surface area (TPSA) is 63.5 Å². The third kappa shape index (κ3) is 4.65. The summed E-state index contributed by atoms with van der Waals surface area (Å²) in [4.78, 5) is 22.5. The molecule has 1 aromatic carbocycles. The first-order valence-corrected chi connectivity index (χ1v) is 11.4. The highest BCUT2D eigenvalue weighted by Gasteiger charge is 2.25. The van der Waals surface area contributed by atoms with Gasteiger partial charge >= 0.3 is 0 Å². The van der Waals surface area contributed by atoms with Gasteiger partial charge in [-0.25, -0.2) is 4.98 Å². The van der Waals surface area contributed by atoms with Gasteiger partial charge in [0.2, 0.25) is 0 Å². The van der Waals surface area contributed by atoms with Crippen LogP contribution in [-0.2, 0) is 0 Å². The van der Waals surface area contributed by atoms with Gasteiger partial charge in [0.15, 0.2) is 5.13 Å². The molecule has 7 nitrogen and oxygen atoms in total. The van der Waals surface area contributed by atoms with Gasteiger partial charge in [-0.15, -0.1) is 0 Å². The third-order valence-electron chi connectivity index (χ3n) is 5.06. The van der Waals surface area contributed by atoms with Crippen LogP contribution in [0.1, 0.15) is 51.1 Å². The van der Waals surface area contributed by atoms with Crippen molar-refractivity contribution >= 4 is 32.6 Å². The van der Waals surface area contributed by atoms with E-state index >= 15 is 0 Å². The zero-order valence-corrected chi connectivity index (χ0v) is 19.3. The highest BCUT2D eigenvalue weighted by Crippen LogP contribution is 2.34. The van der Waals surface area contributed by atoms with Gasteiger partial charge < -0.3 is 9.64 Å². The first kappa shape index (κ1) is 22.2. The third-order valence-corrected chi connectivity index (χ3v) is 6.10. The van der Waals surface area contributed by atoms with Crippen molar-refractivity contribution < 1.29 is 9.53 Å². The lowest BCUT2D eigenvalue weighted by molar-refractivity contribution is 0.0971. The number of carbonyl (C=O) groups is 1. The van der Waals surface area contributed by atoms with E-state index in [1.807, 2.05) is 39.0 Å². The summed E-state index contributed by atoms with van der Waals surface area (Å²) in [5, 5.41) is 5.03. The van der Waals surface area contributed by atoms with Crippen LogP contribution in [0.25, 0.3) is 10.2 Å². The summed E-state index contributed by atoms with van der Waals surface area (Å²) in [6.07, 6.45) is 1.68. The second-order valence-electron chi connectivity index (χ2n) is 7.27. The number of benzene rings is 1. The van der Waals surface area contributed by atoms with Crippen LogP contribution in [0.3, 0.4) is 0 Å². The monoisotopic (exact) mass is 429 g/mol. The number of para-hydroxylation sites is 1. The van der Waals surface area contributed by atoms with Crippen LogP contribution in [0.15, 0.2) is 30.5 Å². The Morgan fingerprint density at radius 2 is 1.93 bits per heavy atom. The van der Waals surface area contributed by atoms with E-state index in [-0.39, 0.29) is 11.9 Å². The molecule has 0 N–H and O–H groups in total. The van der Waals surface area contributed by atoms with Crippen molar-refractivity contribution in [2.24, 2.45) is 0 Å². The summed E-state index contributed by atoms with van der Waals surface area (Å²) in [6, 6.07) is 7.79. The zero-order chi connectivity index (χ0) is 21.7. The van der Waals surface area contributed by atoms with Crippen molar-refractivity contribution in [1.82, 2.24) is 19.7 Å². The molecule has 162 valence electrons. The molecular weight excluding hydrogens is 398 g/mol. The van der Waals surface area contributed by atoms with E-state index in [1.165, 1.54) is 11.3 Å². The summed E-state index contributed by atoms with van der Waals surface area (Å²) in [5.74, 6) is 0.672. The molecule has 0 aliphatic heterocycles. The Morgan fingerprint density at radius 3 is 2.60 bits per heavy atom. The van der Waals surface area contributed by atoms with Gasteiger partial charge in [-0.1, -0.05) is 31.3 Å². The number of fused-ring (bicyclic) bond motifs is 1. The van der Waals surface area contributed by atoms with E-state index in [1.54, 1.807) is 21.8 Å². The summed E-state index contributed by atoms with van der Waals surface area (Å²) in [6.45, 7) is 14.1. The number of rotatable bonds is 10. The highest BCUT2D eigenvalue weighted by molar-refractivity contribution is 7.22. The van der Waals surface area contributed by atoms with Crippen molar-refractivity contribution in [2.45, 2.75) is 40.7 Å². The number of thiazole rings is 1. The quantitative estimate of drug-likeness (QED) is 0.476. The summed E-state index contributed by atoms with van der Waals surface area (Å²) >= 11 is 1.52. The van der Waals surface area contributed by atoms with E-state index in [2.05, 4.69) is 23.8 Å². The van der Waals surface area contributed by atoms with Crippen LogP contribution in [-0.4, -0.2) is 58.4 Å². The molecule has 30 heavy (non-hydrogen) atoms. The lowest BCUT2D eigenvalue weighted by atomic mass is 10.3. The summed E-state index contributed by atoms with van der Waals surface area (Å²) in [5.41, 5.74) is 1.38. The minimum absolute atomic E-state index is 0.0784. The van der Waals surface area contributed by atoms with Crippen LogP contribution in [0.5, 0.6) is 5.75 Å². The molecule has 0 saturated carbocycles. The molecule has 3 rings (SSSR count). The van der Waals surface area contributed by atoms with E-state index in [4.69, 9.17) is 9.72 Å². The Labute approximate surface area is 182 Å². The Hall–Kier alpha value is -2.45. The van der Waals surface area contributed by atoms with Crippen LogP contribution in [0, 0.1) is 0 Å².